The number of hydrogen-bond donors (Lipinski definition) is 1. The van der Waals surface area contributed by atoms with Gasteiger partial charge >= 0.3 is 0 Å². The number of sulfonamides is 1. The van der Waals surface area contributed by atoms with Crippen molar-refractivity contribution in [2.75, 3.05) is 18.8 Å². The van der Waals surface area contributed by atoms with E-state index in [2.05, 4.69) is 5.10 Å². The quantitative estimate of drug-likeness (QED) is 0.825. The van der Waals surface area contributed by atoms with E-state index in [4.69, 9.17) is 5.73 Å². The van der Waals surface area contributed by atoms with Gasteiger partial charge in [0.25, 0.3) is 0 Å². The van der Waals surface area contributed by atoms with Gasteiger partial charge in [0.05, 0.1) is 0 Å². The van der Waals surface area contributed by atoms with Crippen LogP contribution in [0.5, 0.6) is 0 Å². The van der Waals surface area contributed by atoms with Crippen LogP contribution in [-0.4, -0.2) is 35.6 Å². The fraction of sp³-hybridized carbons (Fsp3) is 0.545. The third kappa shape index (κ3) is 2.28. The molecule has 0 atom stereocenters. The summed E-state index contributed by atoms with van der Waals surface area (Å²) >= 11 is 0. The van der Waals surface area contributed by atoms with Gasteiger partial charge < -0.3 is 5.73 Å². The van der Waals surface area contributed by atoms with E-state index in [0.29, 0.717) is 19.6 Å². The van der Waals surface area contributed by atoms with Gasteiger partial charge in [-0.25, -0.2) is 8.42 Å². The van der Waals surface area contributed by atoms with E-state index >= 15 is 0 Å². The van der Waals surface area contributed by atoms with Crippen LogP contribution >= 0.6 is 0 Å². The van der Waals surface area contributed by atoms with Gasteiger partial charge in [-0.2, -0.15) is 9.40 Å². The topological polar surface area (TPSA) is 81.2 Å². The molecule has 0 amide bonds. The van der Waals surface area contributed by atoms with E-state index in [0.717, 1.165) is 6.42 Å². The second kappa shape index (κ2) is 4.74. The summed E-state index contributed by atoms with van der Waals surface area (Å²) in [5, 5.41) is 3.98. The number of aromatic nitrogens is 2. The standard InChI is InChI=1S/C11H18N4O2S/c1-3-14-8-10(11(12)13-14)18(16,17)15-6-4-9(2)5-7-15/h4,8H,3,5-7H2,1-2H3,(H2,12,13). The minimum atomic E-state index is -3.52. The zero-order valence-electron chi connectivity index (χ0n) is 10.6. The number of nitrogens with two attached hydrogens (primary N) is 1. The molecule has 100 valence electrons. The summed E-state index contributed by atoms with van der Waals surface area (Å²) < 4.78 is 27.8. The predicted octanol–water partition coefficient (Wildman–Crippen LogP) is 0.826. The van der Waals surface area contributed by atoms with Gasteiger partial charge in [0.15, 0.2) is 5.82 Å². The highest BCUT2D eigenvalue weighted by atomic mass is 32.2. The Bertz CT molecular complexity index is 574. The molecule has 0 saturated carbocycles. The Hall–Kier alpha value is -1.34. The van der Waals surface area contributed by atoms with Crippen LogP contribution < -0.4 is 5.73 Å². The van der Waals surface area contributed by atoms with Crippen LogP contribution in [-0.2, 0) is 16.6 Å². The van der Waals surface area contributed by atoms with Gasteiger partial charge in [-0.05, 0) is 20.3 Å². The van der Waals surface area contributed by atoms with Crippen molar-refractivity contribution < 1.29 is 8.42 Å². The molecule has 0 unspecified atom stereocenters. The first-order valence-corrected chi connectivity index (χ1v) is 7.38. The molecule has 2 heterocycles. The summed E-state index contributed by atoms with van der Waals surface area (Å²) in [6.45, 7) is 5.40. The zero-order chi connectivity index (χ0) is 13.3. The molecule has 0 spiro atoms. The van der Waals surface area contributed by atoms with E-state index < -0.39 is 10.0 Å². The van der Waals surface area contributed by atoms with Crippen LogP contribution in [0.1, 0.15) is 20.3 Å². The molecule has 2 N–H and O–H groups in total. The molecule has 7 heteroatoms. The van der Waals surface area contributed by atoms with E-state index in [1.807, 2.05) is 19.9 Å². The Labute approximate surface area is 107 Å². The molecule has 1 aromatic heterocycles. The third-order valence-electron chi connectivity index (χ3n) is 3.10. The molecule has 1 aliphatic heterocycles. The van der Waals surface area contributed by atoms with E-state index in [1.54, 1.807) is 0 Å². The van der Waals surface area contributed by atoms with Gasteiger partial charge in [-0.3, -0.25) is 4.68 Å². The Balaban J connectivity index is 2.33. The van der Waals surface area contributed by atoms with Crippen molar-refractivity contribution in [3.8, 4) is 0 Å². The zero-order valence-corrected chi connectivity index (χ0v) is 11.4. The van der Waals surface area contributed by atoms with Gasteiger partial charge in [-0.1, -0.05) is 11.6 Å². The molecule has 1 aromatic rings. The molecule has 0 bridgehead atoms. The molecule has 0 aromatic carbocycles. The van der Waals surface area contributed by atoms with E-state index in [1.165, 1.54) is 20.8 Å². The molecule has 0 aliphatic carbocycles. The van der Waals surface area contributed by atoms with Crippen molar-refractivity contribution in [1.82, 2.24) is 14.1 Å². The molecule has 6 nitrogen and oxygen atoms in total. The maximum absolute atomic E-state index is 12.4. The SMILES string of the molecule is CCn1cc(S(=O)(=O)N2CC=C(C)CC2)c(N)n1. The smallest absolute Gasteiger partial charge is 0.248 e. The first-order valence-electron chi connectivity index (χ1n) is 5.94. The largest absolute Gasteiger partial charge is 0.381 e. The van der Waals surface area contributed by atoms with Crippen LogP contribution in [0.2, 0.25) is 0 Å². The summed E-state index contributed by atoms with van der Waals surface area (Å²) in [6.07, 6.45) is 4.19. The highest BCUT2D eigenvalue weighted by Gasteiger charge is 2.29. The number of hydrogen-bond acceptors (Lipinski definition) is 4. The third-order valence-corrected chi connectivity index (χ3v) is 4.98. The van der Waals surface area contributed by atoms with Crippen molar-refractivity contribution in [3.05, 3.63) is 17.8 Å². The molecular weight excluding hydrogens is 252 g/mol. The summed E-state index contributed by atoms with van der Waals surface area (Å²) in [5.74, 6) is 0.0723. The maximum Gasteiger partial charge on any atom is 0.248 e. The molecule has 1 aliphatic rings. The van der Waals surface area contributed by atoms with Crippen LogP contribution in [0.15, 0.2) is 22.7 Å². The molecular formula is C11H18N4O2S. The lowest BCUT2D eigenvalue weighted by Crippen LogP contribution is -2.34. The Morgan fingerprint density at radius 2 is 2.22 bits per heavy atom. The second-order valence-corrected chi connectivity index (χ2v) is 6.30. The molecule has 0 fully saturated rings. The molecule has 0 saturated heterocycles. The van der Waals surface area contributed by atoms with Gasteiger partial charge in [0.1, 0.15) is 4.90 Å². The Morgan fingerprint density at radius 3 is 2.72 bits per heavy atom. The summed E-state index contributed by atoms with van der Waals surface area (Å²) in [5.41, 5.74) is 6.90. The van der Waals surface area contributed by atoms with Crippen molar-refractivity contribution >= 4 is 15.8 Å². The minimum Gasteiger partial charge on any atom is -0.381 e. The Morgan fingerprint density at radius 1 is 1.50 bits per heavy atom. The highest BCUT2D eigenvalue weighted by molar-refractivity contribution is 7.89. The number of aryl methyl sites for hydroxylation is 1. The van der Waals surface area contributed by atoms with Crippen molar-refractivity contribution in [2.24, 2.45) is 0 Å². The first-order chi connectivity index (χ1) is 8.45. The number of nitrogen functional groups attached to an aromatic ring is 1. The fourth-order valence-corrected chi connectivity index (χ4v) is 3.33. The fourth-order valence-electron chi connectivity index (χ4n) is 1.89. The monoisotopic (exact) mass is 270 g/mol. The number of rotatable bonds is 3. The lowest BCUT2D eigenvalue weighted by Gasteiger charge is -2.24. The minimum absolute atomic E-state index is 0.0723. The summed E-state index contributed by atoms with van der Waals surface area (Å²) in [6, 6.07) is 0. The second-order valence-electron chi connectivity index (χ2n) is 4.40. The van der Waals surface area contributed by atoms with E-state index in [-0.39, 0.29) is 10.7 Å². The first kappa shape index (κ1) is 13.1. The maximum atomic E-state index is 12.4. The normalized spacial score (nSPS) is 17.8. The predicted molar refractivity (Wildman–Crippen MR) is 69.4 cm³/mol. The molecule has 18 heavy (non-hydrogen) atoms. The van der Waals surface area contributed by atoms with E-state index in [9.17, 15) is 8.42 Å². The lowest BCUT2D eigenvalue weighted by molar-refractivity contribution is 0.431. The van der Waals surface area contributed by atoms with Crippen molar-refractivity contribution in [3.63, 3.8) is 0 Å². The van der Waals surface area contributed by atoms with Gasteiger partial charge in [-0.15, -0.1) is 0 Å². The van der Waals surface area contributed by atoms with Gasteiger partial charge in [0.2, 0.25) is 10.0 Å². The van der Waals surface area contributed by atoms with Crippen LogP contribution in [0.25, 0.3) is 0 Å². The van der Waals surface area contributed by atoms with Crippen LogP contribution in [0.4, 0.5) is 5.82 Å². The van der Waals surface area contributed by atoms with Crippen molar-refractivity contribution in [2.45, 2.75) is 31.7 Å². The van der Waals surface area contributed by atoms with Crippen LogP contribution in [0.3, 0.4) is 0 Å². The van der Waals surface area contributed by atoms with Gasteiger partial charge in [0, 0.05) is 25.8 Å². The molecule has 0 radical (unpaired) electrons. The van der Waals surface area contributed by atoms with Crippen LogP contribution in [0, 0.1) is 0 Å². The lowest BCUT2D eigenvalue weighted by atomic mass is 10.1. The molecule has 2 rings (SSSR count). The van der Waals surface area contributed by atoms with Crippen molar-refractivity contribution in [1.29, 1.82) is 0 Å². The average Bonchev–Trinajstić information content (AvgIpc) is 2.72. The summed E-state index contributed by atoms with van der Waals surface area (Å²) in [4.78, 5) is 0.109. The summed E-state index contributed by atoms with van der Waals surface area (Å²) in [7, 11) is -3.52. The number of nitrogens with zero attached hydrogens (tertiary/aromatic N) is 3. The average molecular weight is 270 g/mol. The highest BCUT2D eigenvalue weighted by Crippen LogP contribution is 2.23. The Kier molecular flexibility index (Phi) is 3.45. The number of anilines is 1.